The summed E-state index contributed by atoms with van der Waals surface area (Å²) in [6, 6.07) is 0. The number of carbonyl (C=O) groups is 1. The Balaban J connectivity index is 2.49. The molecular formula is C8H13N3O2. The van der Waals surface area contributed by atoms with Gasteiger partial charge in [0.05, 0.1) is 6.21 Å². The topological polar surface area (TPSA) is 53.9 Å². The Bertz CT molecular complexity index is 253. The summed E-state index contributed by atoms with van der Waals surface area (Å²) in [5.41, 5.74) is 2.12. The quantitative estimate of drug-likeness (QED) is 0.614. The van der Waals surface area contributed by atoms with Gasteiger partial charge in [-0.15, -0.1) is 5.12 Å². The molecule has 1 aliphatic heterocycles. The summed E-state index contributed by atoms with van der Waals surface area (Å²) in [6.45, 7) is 5.40. The first-order chi connectivity index (χ1) is 5.99. The third-order valence-electron chi connectivity index (χ3n) is 1.13. The fourth-order valence-electron chi connectivity index (χ4n) is 0.700. The number of amides is 1. The Hall–Kier alpha value is -1.52. The molecule has 5 heteroatoms. The SMILES string of the molecule is CC(C)(C)OC(=O)N1N=CC=CN1. The van der Waals surface area contributed by atoms with E-state index in [1.165, 1.54) is 6.21 Å². The van der Waals surface area contributed by atoms with Crippen molar-refractivity contribution in [2.45, 2.75) is 26.4 Å². The largest absolute Gasteiger partial charge is 0.450 e. The van der Waals surface area contributed by atoms with Gasteiger partial charge in [-0.25, -0.2) is 4.79 Å². The Labute approximate surface area is 77.0 Å². The lowest BCUT2D eigenvalue weighted by Gasteiger charge is -2.24. The van der Waals surface area contributed by atoms with Gasteiger partial charge in [-0.05, 0) is 26.8 Å². The van der Waals surface area contributed by atoms with Crippen LogP contribution in [-0.4, -0.2) is 23.0 Å². The molecular weight excluding hydrogens is 170 g/mol. The zero-order valence-corrected chi connectivity index (χ0v) is 7.94. The molecule has 0 aromatic carbocycles. The molecule has 0 aromatic heterocycles. The van der Waals surface area contributed by atoms with Crippen LogP contribution in [0.25, 0.3) is 0 Å². The van der Waals surface area contributed by atoms with Gasteiger partial charge in [0.1, 0.15) is 5.60 Å². The van der Waals surface area contributed by atoms with Crippen molar-refractivity contribution in [1.29, 1.82) is 0 Å². The summed E-state index contributed by atoms with van der Waals surface area (Å²) in [6.07, 6.45) is 4.26. The van der Waals surface area contributed by atoms with Gasteiger partial charge in [0.2, 0.25) is 0 Å². The van der Waals surface area contributed by atoms with Crippen LogP contribution in [0.15, 0.2) is 17.4 Å². The van der Waals surface area contributed by atoms with E-state index in [4.69, 9.17) is 4.74 Å². The van der Waals surface area contributed by atoms with E-state index in [1.54, 1.807) is 33.0 Å². The smallest absolute Gasteiger partial charge is 0.441 e. The Kier molecular flexibility index (Phi) is 2.55. The highest BCUT2D eigenvalue weighted by atomic mass is 16.6. The second kappa shape index (κ2) is 3.47. The molecule has 0 aliphatic carbocycles. The molecule has 5 nitrogen and oxygen atoms in total. The van der Waals surface area contributed by atoms with Crippen LogP contribution < -0.4 is 5.43 Å². The van der Waals surface area contributed by atoms with Crippen LogP contribution in [0.2, 0.25) is 0 Å². The van der Waals surface area contributed by atoms with E-state index in [-0.39, 0.29) is 0 Å². The maximum Gasteiger partial charge on any atom is 0.450 e. The van der Waals surface area contributed by atoms with Crippen LogP contribution in [0.4, 0.5) is 4.79 Å². The van der Waals surface area contributed by atoms with Crippen molar-refractivity contribution >= 4 is 12.3 Å². The highest BCUT2D eigenvalue weighted by Crippen LogP contribution is 2.09. The van der Waals surface area contributed by atoms with Crippen molar-refractivity contribution in [1.82, 2.24) is 10.5 Å². The number of rotatable bonds is 0. The lowest BCUT2D eigenvalue weighted by Crippen LogP contribution is -2.40. The molecule has 13 heavy (non-hydrogen) atoms. The predicted octanol–water partition coefficient (Wildman–Crippen LogP) is 1.24. The van der Waals surface area contributed by atoms with Gasteiger partial charge in [0, 0.05) is 6.20 Å². The molecule has 0 bridgehead atoms. The Morgan fingerprint density at radius 1 is 1.54 bits per heavy atom. The zero-order valence-electron chi connectivity index (χ0n) is 7.94. The Morgan fingerprint density at radius 2 is 2.23 bits per heavy atom. The van der Waals surface area contributed by atoms with Crippen molar-refractivity contribution < 1.29 is 9.53 Å². The van der Waals surface area contributed by atoms with Crippen molar-refractivity contribution in [3.8, 4) is 0 Å². The van der Waals surface area contributed by atoms with Crippen LogP contribution in [0.5, 0.6) is 0 Å². The normalized spacial score (nSPS) is 15.5. The predicted molar refractivity (Wildman–Crippen MR) is 48.8 cm³/mol. The lowest BCUT2D eigenvalue weighted by atomic mass is 10.2. The van der Waals surface area contributed by atoms with E-state index in [1.807, 2.05) is 0 Å². The summed E-state index contributed by atoms with van der Waals surface area (Å²) in [4.78, 5) is 11.3. The maximum absolute atomic E-state index is 11.3. The molecule has 0 saturated carbocycles. The van der Waals surface area contributed by atoms with Gasteiger partial charge >= 0.3 is 6.09 Å². The van der Waals surface area contributed by atoms with Crippen LogP contribution in [0.3, 0.4) is 0 Å². The van der Waals surface area contributed by atoms with Gasteiger partial charge in [-0.2, -0.15) is 5.10 Å². The van der Waals surface area contributed by atoms with E-state index in [0.29, 0.717) is 0 Å². The molecule has 0 fully saturated rings. The molecule has 0 unspecified atom stereocenters. The number of hydrazone groups is 1. The summed E-state index contributed by atoms with van der Waals surface area (Å²) in [5, 5.41) is 4.78. The first kappa shape index (κ1) is 9.57. The second-order valence-corrected chi connectivity index (χ2v) is 3.54. The minimum Gasteiger partial charge on any atom is -0.441 e. The van der Waals surface area contributed by atoms with E-state index >= 15 is 0 Å². The van der Waals surface area contributed by atoms with Crippen molar-refractivity contribution in [3.63, 3.8) is 0 Å². The van der Waals surface area contributed by atoms with Crippen molar-refractivity contribution in [2.75, 3.05) is 0 Å². The lowest BCUT2D eigenvalue weighted by molar-refractivity contribution is 0.0181. The van der Waals surface area contributed by atoms with Crippen LogP contribution in [-0.2, 0) is 4.74 Å². The molecule has 0 radical (unpaired) electrons. The zero-order chi connectivity index (χ0) is 9.90. The summed E-state index contributed by atoms with van der Waals surface area (Å²) >= 11 is 0. The van der Waals surface area contributed by atoms with Gasteiger partial charge in [-0.1, -0.05) is 0 Å². The average molecular weight is 183 g/mol. The number of nitrogens with zero attached hydrogens (tertiary/aromatic N) is 2. The van der Waals surface area contributed by atoms with Crippen molar-refractivity contribution in [3.05, 3.63) is 12.3 Å². The first-order valence-electron chi connectivity index (χ1n) is 3.97. The minimum atomic E-state index is -0.520. The number of nitrogens with one attached hydrogen (secondary N) is 1. The van der Waals surface area contributed by atoms with Gasteiger partial charge in [0.15, 0.2) is 0 Å². The molecule has 0 aromatic rings. The molecule has 1 rings (SSSR count). The fraction of sp³-hybridized carbons (Fsp3) is 0.500. The molecule has 1 heterocycles. The molecule has 72 valence electrons. The number of allylic oxidation sites excluding steroid dienone is 1. The standard InChI is InChI=1S/C8H13N3O2/c1-8(2,3)13-7(12)11-9-5-4-6-10-11/h4-6,9H,1-3H3. The monoisotopic (exact) mass is 183 g/mol. The number of hydrazine groups is 1. The summed E-state index contributed by atoms with van der Waals surface area (Å²) < 4.78 is 5.05. The average Bonchev–Trinajstić information content (AvgIpc) is 2.03. The van der Waals surface area contributed by atoms with Gasteiger partial charge in [-0.3, -0.25) is 5.43 Å². The van der Waals surface area contributed by atoms with E-state index in [0.717, 1.165) is 5.12 Å². The van der Waals surface area contributed by atoms with Crippen molar-refractivity contribution in [2.24, 2.45) is 5.10 Å². The number of ether oxygens (including phenoxy) is 1. The maximum atomic E-state index is 11.3. The van der Waals surface area contributed by atoms with Crippen LogP contribution >= 0.6 is 0 Å². The number of carbonyl (C=O) groups excluding carboxylic acids is 1. The minimum absolute atomic E-state index is 0.505. The van der Waals surface area contributed by atoms with Gasteiger partial charge < -0.3 is 4.74 Å². The second-order valence-electron chi connectivity index (χ2n) is 3.54. The highest BCUT2D eigenvalue weighted by molar-refractivity contribution is 5.75. The molecule has 0 atom stereocenters. The molecule has 1 aliphatic rings. The Morgan fingerprint density at radius 3 is 2.69 bits per heavy atom. The van der Waals surface area contributed by atoms with E-state index in [2.05, 4.69) is 10.5 Å². The first-order valence-corrected chi connectivity index (χ1v) is 3.97. The van der Waals surface area contributed by atoms with Gasteiger partial charge in [0.25, 0.3) is 0 Å². The molecule has 0 spiro atoms. The van der Waals surface area contributed by atoms with E-state index < -0.39 is 11.7 Å². The number of hydrogen-bond donors (Lipinski definition) is 1. The van der Waals surface area contributed by atoms with Crippen LogP contribution in [0.1, 0.15) is 20.8 Å². The third kappa shape index (κ3) is 3.14. The molecule has 1 N–H and O–H groups in total. The number of hydrogen-bond acceptors (Lipinski definition) is 4. The fourth-order valence-corrected chi connectivity index (χ4v) is 0.700. The van der Waals surface area contributed by atoms with E-state index in [9.17, 15) is 4.79 Å². The third-order valence-corrected chi connectivity index (χ3v) is 1.13. The van der Waals surface area contributed by atoms with Crippen LogP contribution in [0, 0.1) is 0 Å². The summed E-state index contributed by atoms with van der Waals surface area (Å²) in [5.74, 6) is 0. The summed E-state index contributed by atoms with van der Waals surface area (Å²) in [7, 11) is 0. The molecule has 1 amide bonds. The highest BCUT2D eigenvalue weighted by Gasteiger charge is 2.21. The molecule has 0 saturated heterocycles.